The molecule has 2 aromatic heterocycles. The van der Waals surface area contributed by atoms with Gasteiger partial charge < -0.3 is 24.3 Å². The molecule has 1 N–H and O–H groups in total. The largest absolute Gasteiger partial charge is 0.339 e. The molecule has 4 aromatic rings. The van der Waals surface area contributed by atoms with Crippen LogP contribution < -0.4 is 5.32 Å². The fourth-order valence-corrected chi connectivity index (χ4v) is 5.80. The SMILES string of the molecule is CC(C)CCN(CCC(C)C)C(=O)c1ccc2nc(Nc3ccc(-n4ccnc4)cc3)n(CCCN3CCCCC3)c2c1. The van der Waals surface area contributed by atoms with Crippen LogP contribution in [0.4, 0.5) is 11.6 Å². The van der Waals surface area contributed by atoms with Crippen LogP contribution in [0, 0.1) is 11.8 Å². The number of nitrogens with one attached hydrogen (secondary N) is 1. The molecule has 230 valence electrons. The van der Waals surface area contributed by atoms with E-state index in [-0.39, 0.29) is 5.91 Å². The number of likely N-dealkylation sites (tertiary alicyclic amines) is 1. The lowest BCUT2D eigenvalue weighted by Crippen LogP contribution is -2.34. The van der Waals surface area contributed by atoms with Crippen LogP contribution in [-0.2, 0) is 6.54 Å². The Morgan fingerprint density at radius 1 is 0.930 bits per heavy atom. The van der Waals surface area contributed by atoms with Crippen molar-refractivity contribution in [2.45, 2.75) is 72.8 Å². The summed E-state index contributed by atoms with van der Waals surface area (Å²) >= 11 is 0. The molecule has 8 heteroatoms. The molecular formula is C35H49N7O. The van der Waals surface area contributed by atoms with Crippen LogP contribution in [0.1, 0.15) is 76.6 Å². The summed E-state index contributed by atoms with van der Waals surface area (Å²) in [6.45, 7) is 14.8. The Morgan fingerprint density at radius 3 is 2.30 bits per heavy atom. The van der Waals surface area contributed by atoms with E-state index in [1.807, 2.05) is 22.9 Å². The van der Waals surface area contributed by atoms with E-state index in [1.165, 1.54) is 32.4 Å². The molecule has 3 heterocycles. The minimum atomic E-state index is 0.119. The van der Waals surface area contributed by atoms with Crippen molar-refractivity contribution in [3.8, 4) is 5.69 Å². The number of aromatic nitrogens is 4. The fourth-order valence-electron chi connectivity index (χ4n) is 5.80. The molecule has 5 rings (SSSR count). The maximum absolute atomic E-state index is 13.8. The number of fused-ring (bicyclic) bond motifs is 1. The average molecular weight is 584 g/mol. The van der Waals surface area contributed by atoms with E-state index in [9.17, 15) is 4.79 Å². The summed E-state index contributed by atoms with van der Waals surface area (Å²) in [5, 5.41) is 3.58. The molecule has 0 saturated carbocycles. The van der Waals surface area contributed by atoms with Gasteiger partial charge in [0.25, 0.3) is 5.91 Å². The lowest BCUT2D eigenvalue weighted by Gasteiger charge is -2.26. The molecule has 1 aliphatic rings. The summed E-state index contributed by atoms with van der Waals surface area (Å²) in [4.78, 5) is 27.6. The normalized spacial score (nSPS) is 14.2. The van der Waals surface area contributed by atoms with E-state index in [1.54, 1.807) is 12.5 Å². The molecule has 1 aliphatic heterocycles. The van der Waals surface area contributed by atoms with Crippen LogP contribution in [0.2, 0.25) is 0 Å². The van der Waals surface area contributed by atoms with Gasteiger partial charge in [0, 0.05) is 49.0 Å². The highest BCUT2D eigenvalue weighted by atomic mass is 16.2. The molecule has 0 atom stereocenters. The zero-order chi connectivity index (χ0) is 30.2. The minimum absolute atomic E-state index is 0.119. The number of rotatable bonds is 14. The zero-order valence-corrected chi connectivity index (χ0v) is 26.5. The number of carbonyl (C=O) groups is 1. The van der Waals surface area contributed by atoms with Gasteiger partial charge in [-0.2, -0.15) is 0 Å². The second-order valence-corrected chi connectivity index (χ2v) is 12.8. The fraction of sp³-hybridized carbons (Fsp3) is 0.514. The summed E-state index contributed by atoms with van der Waals surface area (Å²) < 4.78 is 4.26. The molecule has 2 aromatic carbocycles. The smallest absolute Gasteiger partial charge is 0.253 e. The quantitative estimate of drug-likeness (QED) is 0.168. The van der Waals surface area contributed by atoms with Crippen molar-refractivity contribution in [2.75, 3.05) is 38.0 Å². The van der Waals surface area contributed by atoms with Crippen molar-refractivity contribution in [2.24, 2.45) is 11.8 Å². The molecule has 1 fully saturated rings. The third-order valence-corrected chi connectivity index (χ3v) is 8.47. The molecule has 0 bridgehead atoms. The Bertz CT molecular complexity index is 1420. The highest BCUT2D eigenvalue weighted by molar-refractivity contribution is 5.98. The molecule has 0 aliphatic carbocycles. The Kier molecular flexibility index (Phi) is 10.5. The first kappa shape index (κ1) is 30.8. The summed E-state index contributed by atoms with van der Waals surface area (Å²) in [7, 11) is 0. The van der Waals surface area contributed by atoms with Gasteiger partial charge in [-0.15, -0.1) is 0 Å². The van der Waals surface area contributed by atoms with Crippen LogP contribution in [0.3, 0.4) is 0 Å². The van der Waals surface area contributed by atoms with E-state index in [2.05, 4.69) is 82.7 Å². The summed E-state index contributed by atoms with van der Waals surface area (Å²) in [6, 6.07) is 14.3. The van der Waals surface area contributed by atoms with Crippen molar-refractivity contribution in [1.82, 2.24) is 28.9 Å². The third-order valence-electron chi connectivity index (χ3n) is 8.47. The average Bonchev–Trinajstić information content (AvgIpc) is 3.66. The maximum Gasteiger partial charge on any atom is 0.253 e. The van der Waals surface area contributed by atoms with Gasteiger partial charge in [-0.25, -0.2) is 9.97 Å². The number of piperidine rings is 1. The van der Waals surface area contributed by atoms with Gasteiger partial charge in [-0.05, 0) is 106 Å². The Balaban J connectivity index is 1.41. The molecule has 43 heavy (non-hydrogen) atoms. The topological polar surface area (TPSA) is 71.2 Å². The van der Waals surface area contributed by atoms with Crippen LogP contribution in [0.25, 0.3) is 16.7 Å². The first-order valence-electron chi connectivity index (χ1n) is 16.2. The van der Waals surface area contributed by atoms with Crippen LogP contribution in [0.5, 0.6) is 0 Å². The number of aryl methyl sites for hydroxylation is 1. The van der Waals surface area contributed by atoms with Gasteiger partial charge in [-0.3, -0.25) is 4.79 Å². The minimum Gasteiger partial charge on any atom is -0.339 e. The first-order chi connectivity index (χ1) is 20.9. The van der Waals surface area contributed by atoms with E-state index in [0.29, 0.717) is 11.8 Å². The number of amides is 1. The Hall–Kier alpha value is -3.65. The summed E-state index contributed by atoms with van der Waals surface area (Å²) in [6.07, 6.45) is 12.5. The monoisotopic (exact) mass is 583 g/mol. The second kappa shape index (κ2) is 14.7. The summed E-state index contributed by atoms with van der Waals surface area (Å²) in [5.41, 5.74) is 4.69. The van der Waals surface area contributed by atoms with E-state index >= 15 is 0 Å². The Labute approximate surface area is 257 Å². The van der Waals surface area contributed by atoms with E-state index in [0.717, 1.165) is 79.4 Å². The van der Waals surface area contributed by atoms with Gasteiger partial charge in [0.05, 0.1) is 17.4 Å². The standard InChI is InChI=1S/C35H49N7O/c1-27(2)15-22-40(23-16-28(3)4)34(43)29-9-14-32-33(25-29)42(21-8-20-39-18-6-5-7-19-39)35(38-32)37-30-10-12-31(13-11-30)41-24-17-36-26-41/h9-14,17,24-28H,5-8,15-16,18-23H2,1-4H3,(H,37,38). The van der Waals surface area contributed by atoms with Crippen LogP contribution in [0.15, 0.2) is 61.2 Å². The van der Waals surface area contributed by atoms with Crippen molar-refractivity contribution in [3.05, 3.63) is 66.7 Å². The van der Waals surface area contributed by atoms with Gasteiger partial charge in [0.15, 0.2) is 0 Å². The lowest BCUT2D eigenvalue weighted by molar-refractivity contribution is 0.0741. The highest BCUT2D eigenvalue weighted by Crippen LogP contribution is 2.26. The Morgan fingerprint density at radius 2 is 1.65 bits per heavy atom. The predicted molar refractivity (Wildman–Crippen MR) is 176 cm³/mol. The van der Waals surface area contributed by atoms with E-state index < -0.39 is 0 Å². The zero-order valence-electron chi connectivity index (χ0n) is 26.5. The van der Waals surface area contributed by atoms with Gasteiger partial charge >= 0.3 is 0 Å². The van der Waals surface area contributed by atoms with Gasteiger partial charge in [0.2, 0.25) is 5.95 Å². The van der Waals surface area contributed by atoms with Crippen LogP contribution >= 0.6 is 0 Å². The number of hydrogen-bond donors (Lipinski definition) is 1. The van der Waals surface area contributed by atoms with Crippen molar-refractivity contribution in [3.63, 3.8) is 0 Å². The third kappa shape index (κ3) is 8.25. The molecular weight excluding hydrogens is 534 g/mol. The number of nitrogens with zero attached hydrogens (tertiary/aromatic N) is 6. The molecule has 8 nitrogen and oxygen atoms in total. The van der Waals surface area contributed by atoms with Crippen molar-refractivity contribution >= 4 is 28.6 Å². The first-order valence-corrected chi connectivity index (χ1v) is 16.2. The number of carbonyl (C=O) groups excluding carboxylic acids is 1. The molecule has 1 amide bonds. The maximum atomic E-state index is 13.8. The van der Waals surface area contributed by atoms with Gasteiger partial charge in [0.1, 0.15) is 0 Å². The molecule has 0 radical (unpaired) electrons. The molecule has 0 spiro atoms. The number of benzene rings is 2. The number of anilines is 2. The van der Waals surface area contributed by atoms with E-state index in [4.69, 9.17) is 4.98 Å². The van der Waals surface area contributed by atoms with Crippen molar-refractivity contribution in [1.29, 1.82) is 0 Å². The second-order valence-electron chi connectivity index (χ2n) is 12.8. The predicted octanol–water partition coefficient (Wildman–Crippen LogP) is 7.38. The lowest BCUT2D eigenvalue weighted by atomic mass is 10.1. The molecule has 1 saturated heterocycles. The number of hydrogen-bond acceptors (Lipinski definition) is 5. The van der Waals surface area contributed by atoms with Crippen molar-refractivity contribution < 1.29 is 4.79 Å². The molecule has 0 unspecified atom stereocenters. The summed E-state index contributed by atoms with van der Waals surface area (Å²) in [5.74, 6) is 2.04. The number of imidazole rings is 2. The van der Waals surface area contributed by atoms with Gasteiger partial charge in [-0.1, -0.05) is 34.1 Å². The van der Waals surface area contributed by atoms with Crippen LogP contribution in [-0.4, -0.2) is 67.5 Å². The highest BCUT2D eigenvalue weighted by Gasteiger charge is 2.20.